The van der Waals surface area contributed by atoms with Crippen molar-refractivity contribution < 1.29 is 18.3 Å². The lowest BCUT2D eigenvalue weighted by Gasteiger charge is -2.18. The third-order valence-electron chi connectivity index (χ3n) is 3.61. The summed E-state index contributed by atoms with van der Waals surface area (Å²) in [5.41, 5.74) is 0.230. The van der Waals surface area contributed by atoms with E-state index >= 15 is 0 Å². The van der Waals surface area contributed by atoms with E-state index in [1.54, 1.807) is 20.2 Å². The molecule has 8 heteroatoms. The lowest BCUT2D eigenvalue weighted by atomic mass is 10.2. The molecule has 2 rings (SSSR count). The van der Waals surface area contributed by atoms with E-state index in [-0.39, 0.29) is 42.2 Å². The number of ether oxygens (including phenoxy) is 2. The predicted molar refractivity (Wildman–Crippen MR) is 113 cm³/mol. The van der Waals surface area contributed by atoms with Crippen molar-refractivity contribution in [3.8, 4) is 11.5 Å². The Hall–Kier alpha value is -2.10. The Balaban J connectivity index is 0.00000364. The highest BCUT2D eigenvalue weighted by Crippen LogP contribution is 2.19. The molecule has 0 aliphatic carbocycles. The summed E-state index contributed by atoms with van der Waals surface area (Å²) < 4.78 is 37.8. The molecule has 0 amide bonds. The normalized spacial score (nSPS) is 12.0. The van der Waals surface area contributed by atoms with E-state index in [2.05, 4.69) is 15.6 Å². The number of nitrogens with zero attached hydrogens (tertiary/aromatic N) is 1. The average molecular weight is 491 g/mol. The molecule has 27 heavy (non-hydrogen) atoms. The van der Waals surface area contributed by atoms with Gasteiger partial charge in [0.25, 0.3) is 0 Å². The maximum absolute atomic E-state index is 13.6. The average Bonchev–Trinajstić information content (AvgIpc) is 2.64. The Bertz CT molecular complexity index is 759. The number of benzene rings is 2. The molecular formula is C19H24F2IN3O2. The van der Waals surface area contributed by atoms with Crippen LogP contribution in [0.15, 0.2) is 47.5 Å². The Labute approximate surface area is 175 Å². The number of rotatable bonds is 7. The smallest absolute Gasteiger partial charge is 0.191 e. The van der Waals surface area contributed by atoms with E-state index in [1.807, 2.05) is 25.1 Å². The van der Waals surface area contributed by atoms with Gasteiger partial charge in [0.15, 0.2) is 5.96 Å². The van der Waals surface area contributed by atoms with Gasteiger partial charge in [-0.3, -0.25) is 4.99 Å². The summed E-state index contributed by atoms with van der Waals surface area (Å²) in [7, 11) is 3.20. The van der Waals surface area contributed by atoms with Crippen LogP contribution in [0.2, 0.25) is 0 Å². The molecule has 0 fully saturated rings. The van der Waals surface area contributed by atoms with E-state index in [1.165, 1.54) is 0 Å². The molecule has 2 aromatic carbocycles. The Morgan fingerprint density at radius 1 is 1.11 bits per heavy atom. The molecule has 0 aliphatic heterocycles. The number of nitrogens with one attached hydrogen (secondary N) is 2. The van der Waals surface area contributed by atoms with E-state index in [4.69, 9.17) is 9.47 Å². The van der Waals surface area contributed by atoms with Crippen molar-refractivity contribution in [3.05, 3.63) is 59.7 Å². The molecule has 2 aromatic rings. The topological polar surface area (TPSA) is 54.9 Å². The summed E-state index contributed by atoms with van der Waals surface area (Å²) in [6.07, 6.45) is -0.147. The van der Waals surface area contributed by atoms with E-state index < -0.39 is 11.6 Å². The molecule has 0 saturated carbocycles. The minimum Gasteiger partial charge on any atom is -0.497 e. The van der Waals surface area contributed by atoms with Crippen LogP contribution >= 0.6 is 24.0 Å². The summed E-state index contributed by atoms with van der Waals surface area (Å²) >= 11 is 0. The zero-order valence-electron chi connectivity index (χ0n) is 15.5. The quantitative estimate of drug-likeness (QED) is 0.352. The number of methoxy groups -OCH3 is 1. The standard InChI is InChI=1S/C19H23F2N3O2.HI/c1-13(26-17-6-4-5-16(10-17)25-3)11-23-19(22-2)24-12-14-9-15(20)7-8-18(14)21;/h4-10,13H,11-12H2,1-3H3,(H2,22,23,24);1H. The van der Waals surface area contributed by atoms with Gasteiger partial charge in [-0.15, -0.1) is 24.0 Å². The first kappa shape index (κ1) is 22.9. The largest absolute Gasteiger partial charge is 0.497 e. The lowest BCUT2D eigenvalue weighted by molar-refractivity contribution is 0.223. The van der Waals surface area contributed by atoms with Crippen molar-refractivity contribution in [3.63, 3.8) is 0 Å². The minimum atomic E-state index is -0.480. The molecule has 0 bridgehead atoms. The third kappa shape index (κ3) is 7.58. The van der Waals surface area contributed by atoms with Crippen molar-refractivity contribution >= 4 is 29.9 Å². The van der Waals surface area contributed by atoms with Crippen LogP contribution in [0.4, 0.5) is 8.78 Å². The van der Waals surface area contributed by atoms with Gasteiger partial charge in [-0.1, -0.05) is 6.07 Å². The fourth-order valence-corrected chi connectivity index (χ4v) is 2.27. The SMILES string of the molecule is CN=C(NCc1cc(F)ccc1F)NCC(C)Oc1cccc(OC)c1.I. The molecular weight excluding hydrogens is 467 g/mol. The van der Waals surface area contributed by atoms with Crippen LogP contribution in [-0.2, 0) is 6.54 Å². The molecule has 0 saturated heterocycles. The van der Waals surface area contributed by atoms with Crippen LogP contribution in [0.3, 0.4) is 0 Å². The fraction of sp³-hybridized carbons (Fsp3) is 0.316. The third-order valence-corrected chi connectivity index (χ3v) is 3.61. The summed E-state index contributed by atoms with van der Waals surface area (Å²) in [6, 6.07) is 10.7. The van der Waals surface area contributed by atoms with Gasteiger partial charge in [0.05, 0.1) is 13.7 Å². The van der Waals surface area contributed by atoms with Gasteiger partial charge >= 0.3 is 0 Å². The Morgan fingerprint density at radius 3 is 2.56 bits per heavy atom. The van der Waals surface area contributed by atoms with Gasteiger partial charge in [-0.05, 0) is 37.3 Å². The molecule has 1 unspecified atom stereocenters. The molecule has 0 aromatic heterocycles. The summed E-state index contributed by atoms with van der Waals surface area (Å²) in [4.78, 5) is 4.06. The second-order valence-electron chi connectivity index (χ2n) is 5.65. The van der Waals surface area contributed by atoms with Crippen LogP contribution in [-0.4, -0.2) is 32.8 Å². The highest BCUT2D eigenvalue weighted by Gasteiger charge is 2.08. The maximum Gasteiger partial charge on any atom is 0.191 e. The molecule has 0 aliphatic rings. The number of aliphatic imine (C=N–C) groups is 1. The Kier molecular flexibility index (Phi) is 9.84. The van der Waals surface area contributed by atoms with Crippen molar-refractivity contribution in [2.45, 2.75) is 19.6 Å². The Morgan fingerprint density at radius 2 is 1.85 bits per heavy atom. The second-order valence-corrected chi connectivity index (χ2v) is 5.65. The number of halogens is 3. The first-order valence-electron chi connectivity index (χ1n) is 8.21. The van der Waals surface area contributed by atoms with Gasteiger partial charge in [-0.2, -0.15) is 0 Å². The van der Waals surface area contributed by atoms with Gasteiger partial charge in [-0.25, -0.2) is 8.78 Å². The fourth-order valence-electron chi connectivity index (χ4n) is 2.27. The van der Waals surface area contributed by atoms with Crippen LogP contribution in [0, 0.1) is 11.6 Å². The first-order valence-corrected chi connectivity index (χ1v) is 8.21. The van der Waals surface area contributed by atoms with Crippen LogP contribution in [0.25, 0.3) is 0 Å². The molecule has 0 spiro atoms. The van der Waals surface area contributed by atoms with Gasteiger partial charge < -0.3 is 20.1 Å². The van der Waals surface area contributed by atoms with Crippen molar-refractivity contribution in [1.82, 2.24) is 10.6 Å². The van der Waals surface area contributed by atoms with E-state index in [0.717, 1.165) is 23.9 Å². The van der Waals surface area contributed by atoms with Crippen molar-refractivity contribution in [2.75, 3.05) is 20.7 Å². The molecule has 0 heterocycles. The van der Waals surface area contributed by atoms with E-state index in [0.29, 0.717) is 18.3 Å². The molecule has 0 radical (unpaired) electrons. The van der Waals surface area contributed by atoms with Crippen molar-refractivity contribution in [2.24, 2.45) is 4.99 Å². The monoisotopic (exact) mass is 491 g/mol. The maximum atomic E-state index is 13.6. The van der Waals surface area contributed by atoms with Gasteiger partial charge in [0.1, 0.15) is 29.2 Å². The molecule has 2 N–H and O–H groups in total. The highest BCUT2D eigenvalue weighted by atomic mass is 127. The number of hydrogen-bond donors (Lipinski definition) is 2. The molecule has 5 nitrogen and oxygen atoms in total. The van der Waals surface area contributed by atoms with Gasteiger partial charge in [0, 0.05) is 25.2 Å². The molecule has 148 valence electrons. The number of hydrogen-bond acceptors (Lipinski definition) is 3. The van der Waals surface area contributed by atoms with Crippen molar-refractivity contribution in [1.29, 1.82) is 0 Å². The van der Waals surface area contributed by atoms with E-state index in [9.17, 15) is 8.78 Å². The van der Waals surface area contributed by atoms with Gasteiger partial charge in [0.2, 0.25) is 0 Å². The van der Waals surface area contributed by atoms with Crippen LogP contribution in [0.5, 0.6) is 11.5 Å². The molecule has 1 atom stereocenters. The van der Waals surface area contributed by atoms with Crippen LogP contribution in [0.1, 0.15) is 12.5 Å². The second kappa shape index (κ2) is 11.6. The zero-order valence-corrected chi connectivity index (χ0v) is 17.8. The highest BCUT2D eigenvalue weighted by molar-refractivity contribution is 14.0. The lowest BCUT2D eigenvalue weighted by Crippen LogP contribution is -2.41. The predicted octanol–water partition coefficient (Wildman–Crippen LogP) is 3.72. The first-order chi connectivity index (χ1) is 12.5. The number of guanidine groups is 1. The zero-order chi connectivity index (χ0) is 18.9. The summed E-state index contributed by atoms with van der Waals surface area (Å²) in [6.45, 7) is 2.50. The summed E-state index contributed by atoms with van der Waals surface area (Å²) in [5.74, 6) is 0.936. The summed E-state index contributed by atoms with van der Waals surface area (Å²) in [5, 5.41) is 6.04. The van der Waals surface area contributed by atoms with Crippen LogP contribution < -0.4 is 20.1 Å². The minimum absolute atomic E-state index is 0.